The van der Waals surface area contributed by atoms with E-state index in [-0.39, 0.29) is 43.7 Å². The largest absolute Gasteiger partial charge is 0.466 e. The van der Waals surface area contributed by atoms with Gasteiger partial charge in [-0.15, -0.1) is 0 Å². The first-order valence-corrected chi connectivity index (χ1v) is 10.5. The minimum atomic E-state index is -0.981. The minimum absolute atomic E-state index is 0.0119. The second-order valence-corrected chi connectivity index (χ2v) is 8.12. The van der Waals surface area contributed by atoms with Crippen molar-refractivity contribution in [3.05, 3.63) is 0 Å². The molecular formula is C20H32N2O6. The van der Waals surface area contributed by atoms with Gasteiger partial charge in [0.05, 0.1) is 24.5 Å². The van der Waals surface area contributed by atoms with Crippen LogP contribution in [-0.4, -0.2) is 71.3 Å². The average Bonchev–Trinajstić information content (AvgIpc) is 3.27. The lowest BCUT2D eigenvalue weighted by Crippen LogP contribution is -2.56. The number of fused-ring (bicyclic) bond motifs is 1. The maximum atomic E-state index is 13.3. The lowest BCUT2D eigenvalue weighted by molar-refractivity contribution is -0.154. The highest BCUT2D eigenvalue weighted by molar-refractivity contribution is 5.98. The van der Waals surface area contributed by atoms with Gasteiger partial charge in [-0.25, -0.2) is 0 Å². The van der Waals surface area contributed by atoms with Crippen LogP contribution >= 0.6 is 0 Å². The van der Waals surface area contributed by atoms with E-state index in [1.54, 1.807) is 6.92 Å². The van der Waals surface area contributed by atoms with Gasteiger partial charge < -0.3 is 24.8 Å². The topological polar surface area (TPSA) is 105 Å². The molecule has 3 fully saturated rings. The third-order valence-corrected chi connectivity index (χ3v) is 6.27. The molecule has 8 heteroatoms. The molecule has 3 rings (SSSR count). The summed E-state index contributed by atoms with van der Waals surface area (Å²) in [6.07, 6.45) is 2.98. The molecule has 0 aromatic heterocycles. The Morgan fingerprint density at radius 2 is 2.18 bits per heavy atom. The summed E-state index contributed by atoms with van der Waals surface area (Å²) in [7, 11) is 0. The smallest absolute Gasteiger partial charge is 0.312 e. The highest BCUT2D eigenvalue weighted by Gasteiger charge is 2.74. The van der Waals surface area contributed by atoms with Crippen molar-refractivity contribution < 1.29 is 29.0 Å². The van der Waals surface area contributed by atoms with Gasteiger partial charge in [0.1, 0.15) is 11.6 Å². The molecule has 3 saturated heterocycles. The molecule has 0 aromatic rings. The molecule has 3 heterocycles. The first-order valence-electron chi connectivity index (χ1n) is 10.5. The molecule has 0 saturated carbocycles. The Kier molecular flexibility index (Phi) is 6.29. The number of carbonyl (C=O) groups excluding carboxylic acids is 3. The molecule has 158 valence electrons. The number of hydrogen-bond donors (Lipinski definition) is 2. The van der Waals surface area contributed by atoms with Crippen LogP contribution in [0.15, 0.2) is 0 Å². The fourth-order valence-electron chi connectivity index (χ4n) is 5.27. The van der Waals surface area contributed by atoms with E-state index in [0.717, 1.165) is 12.8 Å². The van der Waals surface area contributed by atoms with Crippen LogP contribution in [0.25, 0.3) is 0 Å². The second-order valence-electron chi connectivity index (χ2n) is 8.12. The third kappa shape index (κ3) is 3.30. The number of nitrogens with one attached hydrogen (secondary N) is 1. The molecule has 2 bridgehead atoms. The summed E-state index contributed by atoms with van der Waals surface area (Å²) in [6.45, 7) is 6.15. The number of esters is 1. The Morgan fingerprint density at radius 1 is 1.43 bits per heavy atom. The van der Waals surface area contributed by atoms with E-state index in [0.29, 0.717) is 19.3 Å². The Hall–Kier alpha value is -1.67. The van der Waals surface area contributed by atoms with Gasteiger partial charge in [0, 0.05) is 19.2 Å². The summed E-state index contributed by atoms with van der Waals surface area (Å²) in [5, 5.41) is 12.3. The first kappa shape index (κ1) is 21.0. The summed E-state index contributed by atoms with van der Waals surface area (Å²) >= 11 is 0. The Labute approximate surface area is 165 Å². The Bertz CT molecular complexity index is 626. The van der Waals surface area contributed by atoms with Crippen molar-refractivity contribution in [3.63, 3.8) is 0 Å². The molecule has 2 amide bonds. The van der Waals surface area contributed by atoms with Crippen molar-refractivity contribution in [1.29, 1.82) is 0 Å². The van der Waals surface area contributed by atoms with Gasteiger partial charge in [-0.3, -0.25) is 14.4 Å². The summed E-state index contributed by atoms with van der Waals surface area (Å²) < 4.78 is 11.4. The number of hydrogen-bond acceptors (Lipinski definition) is 6. The maximum absolute atomic E-state index is 13.3. The van der Waals surface area contributed by atoms with Gasteiger partial charge in [-0.2, -0.15) is 0 Å². The zero-order valence-corrected chi connectivity index (χ0v) is 17.0. The first-order chi connectivity index (χ1) is 13.4. The normalized spacial score (nSPS) is 34.4. The van der Waals surface area contributed by atoms with Gasteiger partial charge in [0.15, 0.2) is 0 Å². The van der Waals surface area contributed by atoms with Crippen LogP contribution in [-0.2, 0) is 23.9 Å². The number of ether oxygens (including phenoxy) is 2. The van der Waals surface area contributed by atoms with Gasteiger partial charge in [0.25, 0.3) is 0 Å². The third-order valence-electron chi connectivity index (χ3n) is 6.27. The molecule has 0 aromatic carbocycles. The van der Waals surface area contributed by atoms with E-state index in [1.807, 2.05) is 6.92 Å². The predicted molar refractivity (Wildman–Crippen MR) is 100 cm³/mol. The number of aliphatic hydroxyl groups is 1. The van der Waals surface area contributed by atoms with E-state index in [1.165, 1.54) is 4.90 Å². The summed E-state index contributed by atoms with van der Waals surface area (Å²) in [4.78, 5) is 40.6. The molecule has 8 nitrogen and oxygen atoms in total. The Morgan fingerprint density at radius 3 is 2.82 bits per heavy atom. The highest BCUT2D eigenvalue weighted by atomic mass is 16.6. The summed E-state index contributed by atoms with van der Waals surface area (Å²) in [5.41, 5.74) is -0.981. The molecule has 0 radical (unpaired) electrons. The number of aliphatic hydroxyl groups excluding tert-OH is 1. The average molecular weight is 396 g/mol. The molecule has 2 N–H and O–H groups in total. The van der Waals surface area contributed by atoms with Gasteiger partial charge in [0.2, 0.25) is 11.8 Å². The SMILES string of the molecule is CCCC(C)NC(=O)C1N(CCCO)C(=O)[C@@H]2[C@@H](C(=O)OCC)[C@H]3CCC12O3. The molecule has 1 spiro atoms. The number of likely N-dealkylation sites (tertiary alicyclic amines) is 1. The fraction of sp³-hybridized carbons (Fsp3) is 0.850. The number of amides is 2. The zero-order valence-electron chi connectivity index (χ0n) is 17.0. The van der Waals surface area contributed by atoms with E-state index >= 15 is 0 Å². The van der Waals surface area contributed by atoms with Crippen molar-refractivity contribution in [3.8, 4) is 0 Å². The molecule has 28 heavy (non-hydrogen) atoms. The van der Waals surface area contributed by atoms with Crippen LogP contribution in [0.2, 0.25) is 0 Å². The standard InChI is InChI=1S/C20H32N2O6/c1-4-7-12(3)21-17(24)16-20-9-8-13(28-20)14(19(26)27-5-2)15(20)18(25)22(16)10-6-11-23/h12-16,23H,4-11H2,1-3H3,(H,21,24)/t12?,13-,14+,15+,16?,20?/m1/s1. The van der Waals surface area contributed by atoms with Gasteiger partial charge >= 0.3 is 5.97 Å². The van der Waals surface area contributed by atoms with E-state index in [2.05, 4.69) is 12.2 Å². The van der Waals surface area contributed by atoms with Crippen molar-refractivity contribution in [2.45, 2.75) is 76.7 Å². The summed E-state index contributed by atoms with van der Waals surface area (Å²) in [6, 6.07) is -0.789. The van der Waals surface area contributed by atoms with Crippen LogP contribution in [0, 0.1) is 11.8 Å². The molecular weight excluding hydrogens is 364 g/mol. The van der Waals surface area contributed by atoms with Crippen LogP contribution in [0.5, 0.6) is 0 Å². The van der Waals surface area contributed by atoms with Crippen LogP contribution in [0.3, 0.4) is 0 Å². The fourth-order valence-corrected chi connectivity index (χ4v) is 5.27. The van der Waals surface area contributed by atoms with Gasteiger partial charge in [-0.1, -0.05) is 13.3 Å². The number of rotatable bonds is 9. The van der Waals surface area contributed by atoms with Crippen molar-refractivity contribution >= 4 is 17.8 Å². The monoisotopic (exact) mass is 396 g/mol. The van der Waals surface area contributed by atoms with Crippen molar-refractivity contribution in [2.24, 2.45) is 11.8 Å². The lowest BCUT2D eigenvalue weighted by atomic mass is 9.70. The molecule has 0 aliphatic carbocycles. The highest BCUT2D eigenvalue weighted by Crippen LogP contribution is 2.58. The van der Waals surface area contributed by atoms with Crippen LogP contribution in [0.1, 0.15) is 52.9 Å². The van der Waals surface area contributed by atoms with Crippen LogP contribution in [0.4, 0.5) is 0 Å². The zero-order chi connectivity index (χ0) is 20.5. The van der Waals surface area contributed by atoms with E-state index in [4.69, 9.17) is 9.47 Å². The Balaban J connectivity index is 1.92. The maximum Gasteiger partial charge on any atom is 0.312 e. The van der Waals surface area contributed by atoms with Crippen molar-refractivity contribution in [2.75, 3.05) is 19.8 Å². The van der Waals surface area contributed by atoms with Gasteiger partial charge in [-0.05, 0) is 39.5 Å². The molecule has 3 aliphatic heterocycles. The minimum Gasteiger partial charge on any atom is -0.466 e. The quantitative estimate of drug-likeness (QED) is 0.554. The number of nitrogens with zero attached hydrogens (tertiary/aromatic N) is 1. The van der Waals surface area contributed by atoms with Crippen molar-refractivity contribution in [1.82, 2.24) is 10.2 Å². The van der Waals surface area contributed by atoms with E-state index < -0.39 is 29.4 Å². The number of carbonyl (C=O) groups is 3. The van der Waals surface area contributed by atoms with E-state index in [9.17, 15) is 19.5 Å². The molecule has 3 unspecified atom stereocenters. The summed E-state index contributed by atoms with van der Waals surface area (Å²) in [5.74, 6) is -2.25. The second kappa shape index (κ2) is 8.37. The predicted octanol–water partition coefficient (Wildman–Crippen LogP) is 0.611. The molecule has 3 aliphatic rings. The van der Waals surface area contributed by atoms with Crippen LogP contribution < -0.4 is 5.32 Å². The lowest BCUT2D eigenvalue weighted by Gasteiger charge is -2.34. The molecule has 6 atom stereocenters.